The van der Waals surface area contributed by atoms with Crippen molar-refractivity contribution in [2.24, 2.45) is 5.92 Å². The number of nitrogens with one attached hydrogen (secondary N) is 1. The van der Waals surface area contributed by atoms with E-state index >= 15 is 0 Å². The number of halogens is 1. The number of hydrogen-bond donors (Lipinski definition) is 1. The molecule has 1 aliphatic carbocycles. The van der Waals surface area contributed by atoms with Crippen molar-refractivity contribution < 1.29 is 21.4 Å². The summed E-state index contributed by atoms with van der Waals surface area (Å²) < 4.78 is 45.5. The normalized spacial score (nSPS) is 22.3. The van der Waals surface area contributed by atoms with Gasteiger partial charge in [0.15, 0.2) is 5.58 Å². The third-order valence-corrected chi connectivity index (χ3v) is 4.61. The van der Waals surface area contributed by atoms with Crippen molar-refractivity contribution in [1.82, 2.24) is 4.98 Å². The summed E-state index contributed by atoms with van der Waals surface area (Å²) in [4.78, 5) is 4.29. The fourth-order valence-electron chi connectivity index (χ4n) is 2.83. The number of rotatable bonds is 5. The molecule has 3 rings (SSSR count). The first-order valence-corrected chi connectivity index (χ1v) is 9.38. The highest BCUT2D eigenvalue weighted by atomic mass is 32.2. The molecule has 0 atom stereocenters. The first-order chi connectivity index (χ1) is 10.9. The third-order valence-electron chi connectivity index (χ3n) is 4.04. The lowest BCUT2D eigenvalue weighted by molar-refractivity contribution is 0.209. The van der Waals surface area contributed by atoms with Gasteiger partial charge in [-0.2, -0.15) is 13.4 Å². The Morgan fingerprint density at radius 3 is 2.78 bits per heavy atom. The summed E-state index contributed by atoms with van der Waals surface area (Å²) in [6.45, 7) is 0.244. The van der Waals surface area contributed by atoms with Crippen molar-refractivity contribution in [3.8, 4) is 0 Å². The molecule has 0 radical (unpaired) electrons. The van der Waals surface area contributed by atoms with Crippen LogP contribution in [0.15, 0.2) is 22.6 Å². The quantitative estimate of drug-likeness (QED) is 0.842. The minimum Gasteiger partial charge on any atom is -0.423 e. The predicted octanol–water partition coefficient (Wildman–Crippen LogP) is 2.91. The zero-order valence-corrected chi connectivity index (χ0v) is 13.6. The van der Waals surface area contributed by atoms with Crippen LogP contribution < -0.4 is 5.32 Å². The minimum absolute atomic E-state index is 0.211. The van der Waals surface area contributed by atoms with Crippen LogP contribution in [0.1, 0.15) is 25.7 Å². The fourth-order valence-corrected chi connectivity index (χ4v) is 3.27. The fraction of sp³-hybridized carbons (Fsp3) is 0.533. The van der Waals surface area contributed by atoms with Gasteiger partial charge >= 0.3 is 0 Å². The third kappa shape index (κ3) is 4.42. The summed E-state index contributed by atoms with van der Waals surface area (Å²) in [6.07, 6.45) is 4.58. The molecule has 1 N–H and O–H groups in total. The van der Waals surface area contributed by atoms with Gasteiger partial charge in [0.05, 0.1) is 12.9 Å². The lowest BCUT2D eigenvalue weighted by Crippen LogP contribution is -2.28. The van der Waals surface area contributed by atoms with E-state index in [-0.39, 0.29) is 24.4 Å². The standard InChI is InChI=1S/C15H19FN2O4S/c1-23(19,20)21-9-10-2-5-12(6-3-10)17-15-18-13-7-4-11(16)8-14(13)22-15/h4,7-8,10,12H,2-3,5-6,9H2,1H3,(H,17,18). The Kier molecular flexibility index (Phi) is 4.54. The first-order valence-electron chi connectivity index (χ1n) is 7.56. The van der Waals surface area contributed by atoms with E-state index in [4.69, 9.17) is 8.60 Å². The molecular weight excluding hydrogens is 323 g/mol. The van der Waals surface area contributed by atoms with Crippen molar-refractivity contribution >= 4 is 27.2 Å². The second kappa shape index (κ2) is 6.45. The lowest BCUT2D eigenvalue weighted by Gasteiger charge is -2.28. The number of oxazole rings is 1. The SMILES string of the molecule is CS(=O)(=O)OCC1CCC(Nc2nc3ccc(F)cc3o2)CC1. The van der Waals surface area contributed by atoms with E-state index in [9.17, 15) is 12.8 Å². The Morgan fingerprint density at radius 2 is 2.09 bits per heavy atom. The molecule has 1 fully saturated rings. The summed E-state index contributed by atoms with van der Waals surface area (Å²) in [5, 5.41) is 3.22. The number of fused-ring (bicyclic) bond motifs is 1. The van der Waals surface area contributed by atoms with Gasteiger partial charge in [0.1, 0.15) is 11.3 Å². The highest BCUT2D eigenvalue weighted by molar-refractivity contribution is 7.85. The maximum absolute atomic E-state index is 13.1. The smallest absolute Gasteiger partial charge is 0.295 e. The van der Waals surface area contributed by atoms with Crippen LogP contribution >= 0.6 is 0 Å². The summed E-state index contributed by atoms with van der Waals surface area (Å²) in [6, 6.07) is 4.84. The molecule has 0 saturated heterocycles. The van der Waals surface area contributed by atoms with Gasteiger partial charge in [-0.3, -0.25) is 4.18 Å². The highest BCUT2D eigenvalue weighted by Crippen LogP contribution is 2.28. The molecule has 8 heteroatoms. The second-order valence-corrected chi connectivity index (χ2v) is 7.63. The van der Waals surface area contributed by atoms with Crippen molar-refractivity contribution in [3.63, 3.8) is 0 Å². The number of anilines is 1. The molecule has 0 spiro atoms. The van der Waals surface area contributed by atoms with Gasteiger partial charge in [0.25, 0.3) is 16.1 Å². The van der Waals surface area contributed by atoms with Crippen LogP contribution in [0.2, 0.25) is 0 Å². The van der Waals surface area contributed by atoms with Gasteiger partial charge in [-0.1, -0.05) is 0 Å². The molecule has 0 bridgehead atoms. The van der Waals surface area contributed by atoms with E-state index in [1.807, 2.05) is 0 Å². The predicted molar refractivity (Wildman–Crippen MR) is 84.1 cm³/mol. The van der Waals surface area contributed by atoms with E-state index in [0.29, 0.717) is 17.1 Å². The highest BCUT2D eigenvalue weighted by Gasteiger charge is 2.23. The van der Waals surface area contributed by atoms with Crippen LogP contribution in [0.5, 0.6) is 0 Å². The Balaban J connectivity index is 1.53. The van der Waals surface area contributed by atoms with Gasteiger partial charge < -0.3 is 9.73 Å². The van der Waals surface area contributed by atoms with E-state index in [1.54, 1.807) is 6.07 Å². The molecule has 1 saturated carbocycles. The van der Waals surface area contributed by atoms with Gasteiger partial charge in [-0.15, -0.1) is 0 Å². The van der Waals surface area contributed by atoms with Gasteiger partial charge in [-0.05, 0) is 43.7 Å². The molecule has 1 aromatic carbocycles. The van der Waals surface area contributed by atoms with Crippen molar-refractivity contribution in [3.05, 3.63) is 24.0 Å². The molecule has 1 heterocycles. The average Bonchev–Trinajstić information content (AvgIpc) is 2.87. The van der Waals surface area contributed by atoms with Crippen molar-refractivity contribution in [1.29, 1.82) is 0 Å². The van der Waals surface area contributed by atoms with E-state index in [1.165, 1.54) is 12.1 Å². The van der Waals surface area contributed by atoms with Crippen LogP contribution in [0.25, 0.3) is 11.1 Å². The lowest BCUT2D eigenvalue weighted by atomic mass is 9.87. The Bertz CT molecular complexity index is 782. The molecule has 1 aromatic heterocycles. The van der Waals surface area contributed by atoms with Gasteiger partial charge in [0, 0.05) is 12.1 Å². The summed E-state index contributed by atoms with van der Waals surface area (Å²) in [7, 11) is -3.38. The summed E-state index contributed by atoms with van der Waals surface area (Å²) in [5.74, 6) is -0.105. The molecule has 0 amide bonds. The number of benzene rings is 1. The van der Waals surface area contributed by atoms with Crippen LogP contribution in [0, 0.1) is 11.7 Å². The van der Waals surface area contributed by atoms with Crippen molar-refractivity contribution in [2.75, 3.05) is 18.2 Å². The summed E-state index contributed by atoms with van der Waals surface area (Å²) in [5.41, 5.74) is 1.03. The van der Waals surface area contributed by atoms with Crippen LogP contribution in [0.3, 0.4) is 0 Å². The van der Waals surface area contributed by atoms with E-state index < -0.39 is 10.1 Å². The largest absolute Gasteiger partial charge is 0.423 e. The molecule has 23 heavy (non-hydrogen) atoms. The molecule has 2 aromatic rings. The maximum Gasteiger partial charge on any atom is 0.295 e. The number of hydrogen-bond acceptors (Lipinski definition) is 6. The zero-order chi connectivity index (χ0) is 16.4. The second-order valence-electron chi connectivity index (χ2n) is 5.98. The maximum atomic E-state index is 13.1. The van der Waals surface area contributed by atoms with Crippen molar-refractivity contribution in [2.45, 2.75) is 31.7 Å². The van der Waals surface area contributed by atoms with Gasteiger partial charge in [-0.25, -0.2) is 4.39 Å². The molecule has 1 aliphatic rings. The zero-order valence-electron chi connectivity index (χ0n) is 12.8. The minimum atomic E-state index is -3.38. The Morgan fingerprint density at radius 1 is 1.35 bits per heavy atom. The Labute approximate surface area is 134 Å². The first kappa shape index (κ1) is 16.2. The molecule has 0 unspecified atom stereocenters. The Hall–Kier alpha value is -1.67. The molecular formula is C15H19FN2O4S. The summed E-state index contributed by atoms with van der Waals surface area (Å²) >= 11 is 0. The van der Waals surface area contributed by atoms with E-state index in [0.717, 1.165) is 31.9 Å². The average molecular weight is 342 g/mol. The monoisotopic (exact) mass is 342 g/mol. The van der Waals surface area contributed by atoms with Crippen LogP contribution in [-0.2, 0) is 14.3 Å². The van der Waals surface area contributed by atoms with Crippen LogP contribution in [0.4, 0.5) is 10.4 Å². The molecule has 6 nitrogen and oxygen atoms in total. The topological polar surface area (TPSA) is 81.4 Å². The molecule has 0 aliphatic heterocycles. The van der Waals surface area contributed by atoms with Gasteiger partial charge in [0.2, 0.25) is 0 Å². The van der Waals surface area contributed by atoms with Crippen LogP contribution in [-0.4, -0.2) is 32.3 Å². The number of nitrogens with zero attached hydrogens (tertiary/aromatic N) is 1. The number of aromatic nitrogens is 1. The molecule has 126 valence electrons. The van der Waals surface area contributed by atoms with E-state index in [2.05, 4.69) is 10.3 Å².